The fourth-order valence-electron chi connectivity index (χ4n) is 1.98. The van der Waals surface area contributed by atoms with Gasteiger partial charge >= 0.3 is 0 Å². The number of aliphatic hydroxyl groups excluding tert-OH is 1. The summed E-state index contributed by atoms with van der Waals surface area (Å²) in [7, 11) is 1.50. The SMILES string of the molecule is CCN(CC)CCCOc1cc(F)c(CO)cc1OC. The summed E-state index contributed by atoms with van der Waals surface area (Å²) in [4.78, 5) is 2.30. The second-order valence-electron chi connectivity index (χ2n) is 4.48. The molecule has 0 aliphatic heterocycles. The van der Waals surface area contributed by atoms with Crippen molar-refractivity contribution < 1.29 is 19.0 Å². The van der Waals surface area contributed by atoms with E-state index in [9.17, 15) is 4.39 Å². The molecule has 1 N–H and O–H groups in total. The van der Waals surface area contributed by atoms with Gasteiger partial charge in [-0.2, -0.15) is 0 Å². The fraction of sp³-hybridized carbons (Fsp3) is 0.600. The molecular formula is C15H24FNO3. The van der Waals surface area contributed by atoms with Gasteiger partial charge in [-0.25, -0.2) is 4.39 Å². The average molecular weight is 285 g/mol. The van der Waals surface area contributed by atoms with Crippen LogP contribution in [0.5, 0.6) is 11.5 Å². The first kappa shape index (κ1) is 16.7. The third kappa shape index (κ3) is 4.65. The molecule has 0 aliphatic carbocycles. The van der Waals surface area contributed by atoms with Crippen LogP contribution in [0, 0.1) is 5.82 Å². The molecule has 0 aliphatic rings. The lowest BCUT2D eigenvalue weighted by Gasteiger charge is -2.18. The number of ether oxygens (including phenoxy) is 2. The smallest absolute Gasteiger partial charge is 0.164 e. The molecule has 1 aromatic rings. The van der Waals surface area contributed by atoms with Crippen molar-refractivity contribution in [1.82, 2.24) is 4.90 Å². The molecule has 0 saturated heterocycles. The van der Waals surface area contributed by atoms with Gasteiger partial charge in [-0.1, -0.05) is 13.8 Å². The van der Waals surface area contributed by atoms with Crippen LogP contribution in [-0.4, -0.2) is 43.4 Å². The predicted octanol–water partition coefficient (Wildman–Crippen LogP) is 2.44. The van der Waals surface area contributed by atoms with Crippen molar-refractivity contribution in [3.63, 3.8) is 0 Å². The number of hydrogen-bond acceptors (Lipinski definition) is 4. The zero-order chi connectivity index (χ0) is 15.0. The second kappa shape index (κ2) is 8.76. The number of benzene rings is 1. The third-order valence-electron chi connectivity index (χ3n) is 3.27. The number of nitrogens with zero attached hydrogens (tertiary/aromatic N) is 1. The summed E-state index contributed by atoms with van der Waals surface area (Å²) in [5, 5.41) is 9.02. The van der Waals surface area contributed by atoms with Crippen molar-refractivity contribution in [2.75, 3.05) is 33.4 Å². The Hall–Kier alpha value is -1.33. The van der Waals surface area contributed by atoms with Crippen molar-refractivity contribution in [3.05, 3.63) is 23.5 Å². The van der Waals surface area contributed by atoms with Gasteiger partial charge in [0.25, 0.3) is 0 Å². The molecule has 0 atom stereocenters. The van der Waals surface area contributed by atoms with Crippen molar-refractivity contribution in [2.24, 2.45) is 0 Å². The Labute approximate surface area is 120 Å². The summed E-state index contributed by atoms with van der Waals surface area (Å²) in [5.74, 6) is 0.340. The minimum absolute atomic E-state index is 0.206. The molecule has 1 rings (SSSR count). The molecule has 0 bridgehead atoms. The Morgan fingerprint density at radius 2 is 1.90 bits per heavy atom. The highest BCUT2D eigenvalue weighted by Crippen LogP contribution is 2.30. The Bertz CT molecular complexity index is 408. The lowest BCUT2D eigenvalue weighted by molar-refractivity contribution is 0.240. The summed E-state index contributed by atoms with van der Waals surface area (Å²) < 4.78 is 24.3. The minimum Gasteiger partial charge on any atom is -0.493 e. The number of rotatable bonds is 9. The molecule has 4 nitrogen and oxygen atoms in total. The summed E-state index contributed by atoms with van der Waals surface area (Å²) in [6.07, 6.45) is 0.869. The molecule has 0 heterocycles. The van der Waals surface area contributed by atoms with E-state index in [1.165, 1.54) is 19.2 Å². The Kier molecular flexibility index (Phi) is 7.33. The van der Waals surface area contributed by atoms with Crippen LogP contribution in [0.25, 0.3) is 0 Å². The van der Waals surface area contributed by atoms with E-state index in [-0.39, 0.29) is 12.2 Å². The van der Waals surface area contributed by atoms with Crippen LogP contribution in [0.2, 0.25) is 0 Å². The molecule has 20 heavy (non-hydrogen) atoms. The lowest BCUT2D eigenvalue weighted by Crippen LogP contribution is -2.25. The zero-order valence-corrected chi connectivity index (χ0v) is 12.5. The average Bonchev–Trinajstić information content (AvgIpc) is 2.47. The van der Waals surface area contributed by atoms with Crippen LogP contribution in [-0.2, 0) is 6.61 Å². The van der Waals surface area contributed by atoms with E-state index in [1.807, 2.05) is 0 Å². The molecule has 0 fully saturated rings. The second-order valence-corrected chi connectivity index (χ2v) is 4.48. The van der Waals surface area contributed by atoms with Crippen molar-refractivity contribution in [1.29, 1.82) is 0 Å². The maximum atomic E-state index is 13.6. The highest BCUT2D eigenvalue weighted by atomic mass is 19.1. The zero-order valence-electron chi connectivity index (χ0n) is 12.5. The standard InChI is InChI=1S/C15H24FNO3/c1-4-17(5-2)7-6-8-20-15-10-13(16)12(11-18)9-14(15)19-3/h9-10,18H,4-8,11H2,1-3H3. The van der Waals surface area contributed by atoms with Crippen LogP contribution < -0.4 is 9.47 Å². The van der Waals surface area contributed by atoms with Gasteiger partial charge in [-0.3, -0.25) is 0 Å². The summed E-state index contributed by atoms with van der Waals surface area (Å²) >= 11 is 0. The summed E-state index contributed by atoms with van der Waals surface area (Å²) in [6, 6.07) is 2.73. The number of hydrogen-bond donors (Lipinski definition) is 1. The quantitative estimate of drug-likeness (QED) is 0.708. The molecule has 5 heteroatoms. The Balaban J connectivity index is 2.57. The molecule has 1 aromatic carbocycles. The third-order valence-corrected chi connectivity index (χ3v) is 3.27. The first-order valence-corrected chi connectivity index (χ1v) is 6.98. The molecular weight excluding hydrogens is 261 g/mol. The van der Waals surface area contributed by atoms with Crippen molar-refractivity contribution in [2.45, 2.75) is 26.9 Å². The van der Waals surface area contributed by atoms with E-state index in [1.54, 1.807) is 0 Å². The molecule has 0 radical (unpaired) electrons. The summed E-state index contributed by atoms with van der Waals surface area (Å²) in [5.41, 5.74) is 0.206. The van der Waals surface area contributed by atoms with E-state index in [0.717, 1.165) is 26.1 Å². The van der Waals surface area contributed by atoms with E-state index < -0.39 is 5.82 Å². The normalized spacial score (nSPS) is 10.9. The van der Waals surface area contributed by atoms with Gasteiger partial charge in [0.1, 0.15) is 5.82 Å². The predicted molar refractivity (Wildman–Crippen MR) is 76.8 cm³/mol. The number of aliphatic hydroxyl groups is 1. The summed E-state index contributed by atoms with van der Waals surface area (Å²) in [6.45, 7) is 7.37. The maximum absolute atomic E-state index is 13.6. The fourth-order valence-corrected chi connectivity index (χ4v) is 1.98. The van der Waals surface area contributed by atoms with Crippen molar-refractivity contribution in [3.8, 4) is 11.5 Å². The van der Waals surface area contributed by atoms with Gasteiger partial charge in [-0.15, -0.1) is 0 Å². The molecule has 0 aromatic heterocycles. The molecule has 0 saturated carbocycles. The van der Waals surface area contributed by atoms with Crippen LogP contribution in [0.3, 0.4) is 0 Å². The highest BCUT2D eigenvalue weighted by molar-refractivity contribution is 5.43. The van der Waals surface area contributed by atoms with E-state index in [2.05, 4.69) is 18.7 Å². The topological polar surface area (TPSA) is 41.9 Å². The van der Waals surface area contributed by atoms with Crippen LogP contribution in [0.15, 0.2) is 12.1 Å². The van der Waals surface area contributed by atoms with Gasteiger partial charge in [0.2, 0.25) is 0 Å². The highest BCUT2D eigenvalue weighted by Gasteiger charge is 2.11. The van der Waals surface area contributed by atoms with Crippen molar-refractivity contribution >= 4 is 0 Å². The first-order chi connectivity index (χ1) is 9.65. The first-order valence-electron chi connectivity index (χ1n) is 6.98. The van der Waals surface area contributed by atoms with Crippen LogP contribution in [0.1, 0.15) is 25.8 Å². The van der Waals surface area contributed by atoms with E-state index >= 15 is 0 Å². The number of halogens is 1. The van der Waals surface area contributed by atoms with Gasteiger partial charge in [-0.05, 0) is 25.6 Å². The van der Waals surface area contributed by atoms with Crippen LogP contribution >= 0.6 is 0 Å². The van der Waals surface area contributed by atoms with Gasteiger partial charge < -0.3 is 19.5 Å². The number of methoxy groups -OCH3 is 1. The Morgan fingerprint density at radius 1 is 1.20 bits per heavy atom. The van der Waals surface area contributed by atoms with Gasteiger partial charge in [0.05, 0.1) is 20.3 Å². The monoisotopic (exact) mass is 285 g/mol. The van der Waals surface area contributed by atoms with Crippen LogP contribution in [0.4, 0.5) is 4.39 Å². The van der Waals surface area contributed by atoms with Gasteiger partial charge in [0, 0.05) is 18.2 Å². The largest absolute Gasteiger partial charge is 0.493 e. The Morgan fingerprint density at radius 3 is 2.45 bits per heavy atom. The molecule has 0 spiro atoms. The van der Waals surface area contributed by atoms with E-state index in [4.69, 9.17) is 14.6 Å². The maximum Gasteiger partial charge on any atom is 0.164 e. The van der Waals surface area contributed by atoms with Gasteiger partial charge in [0.15, 0.2) is 11.5 Å². The molecule has 0 unspecified atom stereocenters. The minimum atomic E-state index is -0.480. The molecule has 114 valence electrons. The van der Waals surface area contributed by atoms with E-state index in [0.29, 0.717) is 18.1 Å². The lowest BCUT2D eigenvalue weighted by atomic mass is 10.2. The molecule has 0 amide bonds.